The number of carbonyl (C=O) groups is 2. The van der Waals surface area contributed by atoms with Crippen LogP contribution < -0.4 is 10.7 Å². The number of nitrogens with zero attached hydrogens (tertiary/aromatic N) is 1. The van der Waals surface area contributed by atoms with Gasteiger partial charge in [-0.15, -0.1) is 0 Å². The number of furan rings is 1. The van der Waals surface area contributed by atoms with E-state index in [4.69, 9.17) is 4.42 Å². The molecule has 124 valence electrons. The van der Waals surface area contributed by atoms with Gasteiger partial charge in [-0.05, 0) is 48.5 Å². The molecule has 0 saturated carbocycles. The molecule has 0 radical (unpaired) electrons. The van der Waals surface area contributed by atoms with Crippen LogP contribution in [0.3, 0.4) is 0 Å². The third kappa shape index (κ3) is 4.42. The van der Waals surface area contributed by atoms with Gasteiger partial charge in [0.2, 0.25) is 0 Å². The quantitative estimate of drug-likeness (QED) is 0.555. The number of anilines is 1. The predicted molar refractivity (Wildman–Crippen MR) is 94.6 cm³/mol. The maximum atomic E-state index is 12.1. The van der Waals surface area contributed by atoms with E-state index in [1.165, 1.54) is 12.5 Å². The van der Waals surface area contributed by atoms with Gasteiger partial charge in [0.15, 0.2) is 0 Å². The molecule has 0 aliphatic heterocycles. The summed E-state index contributed by atoms with van der Waals surface area (Å²) in [5, 5.41) is 6.59. The average Bonchev–Trinajstić information content (AvgIpc) is 3.16. The van der Waals surface area contributed by atoms with Gasteiger partial charge in [-0.3, -0.25) is 9.59 Å². The summed E-state index contributed by atoms with van der Waals surface area (Å²) in [4.78, 5) is 24.1. The van der Waals surface area contributed by atoms with Gasteiger partial charge < -0.3 is 9.73 Å². The molecular weight excluding hydrogens is 318 g/mol. The fraction of sp³-hybridized carbons (Fsp3) is 0. The molecule has 3 aromatic rings. The average molecular weight is 333 g/mol. The van der Waals surface area contributed by atoms with Crippen LogP contribution in [0, 0.1) is 0 Å². The normalized spacial score (nSPS) is 10.6. The Kier molecular flexibility index (Phi) is 5.01. The van der Waals surface area contributed by atoms with Crippen molar-refractivity contribution >= 4 is 23.7 Å². The Morgan fingerprint density at radius 1 is 0.840 bits per heavy atom. The summed E-state index contributed by atoms with van der Waals surface area (Å²) in [6.45, 7) is 0. The molecule has 0 spiro atoms. The van der Waals surface area contributed by atoms with Gasteiger partial charge in [0, 0.05) is 16.8 Å². The van der Waals surface area contributed by atoms with Crippen LogP contribution in [0.2, 0.25) is 0 Å². The van der Waals surface area contributed by atoms with Gasteiger partial charge in [0.1, 0.15) is 5.76 Å². The zero-order valence-electron chi connectivity index (χ0n) is 13.2. The molecule has 2 N–H and O–H groups in total. The molecule has 2 aromatic carbocycles. The van der Waals surface area contributed by atoms with Crippen molar-refractivity contribution in [1.29, 1.82) is 0 Å². The fourth-order valence-corrected chi connectivity index (χ4v) is 2.08. The van der Waals surface area contributed by atoms with Crippen molar-refractivity contribution in [3.63, 3.8) is 0 Å². The first-order valence-corrected chi connectivity index (χ1v) is 7.56. The van der Waals surface area contributed by atoms with Gasteiger partial charge in [0.05, 0.1) is 12.5 Å². The van der Waals surface area contributed by atoms with Crippen LogP contribution in [-0.4, -0.2) is 18.0 Å². The number of hydrogen-bond donors (Lipinski definition) is 2. The van der Waals surface area contributed by atoms with Crippen LogP contribution in [0.15, 0.2) is 82.5 Å². The molecule has 1 aromatic heterocycles. The Morgan fingerprint density at radius 2 is 1.56 bits per heavy atom. The van der Waals surface area contributed by atoms with Crippen molar-refractivity contribution in [3.8, 4) is 0 Å². The van der Waals surface area contributed by atoms with Crippen LogP contribution in [0.5, 0.6) is 0 Å². The summed E-state index contributed by atoms with van der Waals surface area (Å²) in [7, 11) is 0. The third-order valence-electron chi connectivity index (χ3n) is 3.34. The lowest BCUT2D eigenvalue weighted by Crippen LogP contribution is -2.17. The van der Waals surface area contributed by atoms with Gasteiger partial charge in [-0.1, -0.05) is 18.2 Å². The minimum Gasteiger partial charge on any atom is -0.463 e. The van der Waals surface area contributed by atoms with Gasteiger partial charge in [0.25, 0.3) is 11.8 Å². The van der Waals surface area contributed by atoms with Crippen molar-refractivity contribution in [1.82, 2.24) is 5.43 Å². The zero-order chi connectivity index (χ0) is 17.5. The van der Waals surface area contributed by atoms with E-state index in [0.29, 0.717) is 22.6 Å². The Labute approximate surface area is 144 Å². The predicted octanol–water partition coefficient (Wildman–Crippen LogP) is 3.30. The van der Waals surface area contributed by atoms with E-state index >= 15 is 0 Å². The highest BCUT2D eigenvalue weighted by Crippen LogP contribution is 2.11. The third-order valence-corrected chi connectivity index (χ3v) is 3.34. The second-order valence-corrected chi connectivity index (χ2v) is 5.11. The van der Waals surface area contributed by atoms with E-state index in [-0.39, 0.29) is 11.8 Å². The number of hydrogen-bond acceptors (Lipinski definition) is 4. The minimum atomic E-state index is -0.358. The summed E-state index contributed by atoms with van der Waals surface area (Å²) < 4.78 is 5.07. The smallest absolute Gasteiger partial charge is 0.271 e. The Morgan fingerprint density at radius 3 is 2.24 bits per heavy atom. The monoisotopic (exact) mass is 333 g/mol. The summed E-state index contributed by atoms with van der Waals surface area (Å²) in [5.74, 6) is -0.0242. The van der Waals surface area contributed by atoms with Crippen molar-refractivity contribution in [2.75, 3.05) is 5.32 Å². The number of nitrogens with one attached hydrogen (secondary N) is 2. The molecule has 0 unspecified atom stereocenters. The molecule has 6 nitrogen and oxygen atoms in total. The van der Waals surface area contributed by atoms with Crippen LogP contribution in [0.1, 0.15) is 26.5 Å². The van der Waals surface area contributed by atoms with Gasteiger partial charge in [-0.25, -0.2) is 5.43 Å². The topological polar surface area (TPSA) is 83.7 Å². The molecule has 2 amide bonds. The summed E-state index contributed by atoms with van der Waals surface area (Å²) >= 11 is 0. The second kappa shape index (κ2) is 7.74. The minimum absolute atomic E-state index is 0.208. The number of hydrazone groups is 1. The molecule has 6 heteroatoms. The molecule has 1 heterocycles. The van der Waals surface area contributed by atoms with Gasteiger partial charge >= 0.3 is 0 Å². The van der Waals surface area contributed by atoms with Crippen molar-refractivity contribution in [2.45, 2.75) is 0 Å². The summed E-state index contributed by atoms with van der Waals surface area (Å²) in [6.07, 6.45) is 2.93. The molecule has 0 bridgehead atoms. The Bertz CT molecular complexity index is 870. The second-order valence-electron chi connectivity index (χ2n) is 5.11. The molecular formula is C19H15N3O3. The van der Waals surface area contributed by atoms with E-state index in [1.54, 1.807) is 60.7 Å². The SMILES string of the molecule is O=C(N/N=C/c1ccco1)c1ccc(NC(=O)c2ccccc2)cc1. The molecule has 0 aliphatic carbocycles. The number of amides is 2. The molecule has 3 rings (SSSR count). The molecule has 0 fully saturated rings. The Balaban J connectivity index is 1.58. The molecule has 0 saturated heterocycles. The van der Waals surface area contributed by atoms with E-state index in [2.05, 4.69) is 15.8 Å². The molecule has 25 heavy (non-hydrogen) atoms. The standard InChI is InChI=1S/C19H15N3O3/c23-18(14-5-2-1-3-6-14)21-16-10-8-15(9-11-16)19(24)22-20-13-17-7-4-12-25-17/h1-13H,(H,21,23)(H,22,24)/b20-13+. The highest BCUT2D eigenvalue weighted by atomic mass is 16.3. The largest absolute Gasteiger partial charge is 0.463 e. The highest BCUT2D eigenvalue weighted by molar-refractivity contribution is 6.04. The Hall–Kier alpha value is -3.67. The number of benzene rings is 2. The van der Waals surface area contributed by atoms with Crippen molar-refractivity contribution < 1.29 is 14.0 Å². The number of carbonyl (C=O) groups excluding carboxylic acids is 2. The van der Waals surface area contributed by atoms with Crippen LogP contribution in [0.4, 0.5) is 5.69 Å². The van der Waals surface area contributed by atoms with Crippen LogP contribution >= 0.6 is 0 Å². The van der Waals surface area contributed by atoms with Crippen LogP contribution in [0.25, 0.3) is 0 Å². The number of rotatable bonds is 5. The lowest BCUT2D eigenvalue weighted by Gasteiger charge is -2.06. The van der Waals surface area contributed by atoms with Crippen LogP contribution in [-0.2, 0) is 0 Å². The fourth-order valence-electron chi connectivity index (χ4n) is 2.08. The van der Waals surface area contributed by atoms with Crippen molar-refractivity contribution in [3.05, 3.63) is 89.9 Å². The molecule has 0 aliphatic rings. The maximum absolute atomic E-state index is 12.1. The van der Waals surface area contributed by atoms with E-state index in [1.807, 2.05) is 6.07 Å². The van der Waals surface area contributed by atoms with E-state index in [0.717, 1.165) is 0 Å². The molecule has 0 atom stereocenters. The lowest BCUT2D eigenvalue weighted by atomic mass is 10.2. The van der Waals surface area contributed by atoms with Gasteiger partial charge in [-0.2, -0.15) is 5.10 Å². The van der Waals surface area contributed by atoms with Crippen molar-refractivity contribution in [2.24, 2.45) is 5.10 Å². The van der Waals surface area contributed by atoms with E-state index < -0.39 is 0 Å². The maximum Gasteiger partial charge on any atom is 0.271 e. The lowest BCUT2D eigenvalue weighted by molar-refractivity contribution is 0.0954. The first-order chi connectivity index (χ1) is 12.2. The summed E-state index contributed by atoms with van der Waals surface area (Å²) in [6, 6.07) is 18.9. The first-order valence-electron chi connectivity index (χ1n) is 7.56. The zero-order valence-corrected chi connectivity index (χ0v) is 13.2. The first kappa shape index (κ1) is 16.2. The summed E-state index contributed by atoms with van der Waals surface area (Å²) in [5.41, 5.74) is 4.00. The highest BCUT2D eigenvalue weighted by Gasteiger charge is 2.07. The van der Waals surface area contributed by atoms with E-state index in [9.17, 15) is 9.59 Å².